The average Bonchev–Trinajstić information content (AvgIpc) is 3.24. The van der Waals surface area contributed by atoms with Crippen molar-refractivity contribution in [3.05, 3.63) is 80.7 Å². The van der Waals surface area contributed by atoms with Crippen LogP contribution in [0.3, 0.4) is 0 Å². The van der Waals surface area contributed by atoms with Gasteiger partial charge in [0.1, 0.15) is 5.00 Å². The lowest BCUT2D eigenvalue weighted by molar-refractivity contribution is 0.0379. The van der Waals surface area contributed by atoms with Crippen molar-refractivity contribution >= 4 is 56.6 Å². The van der Waals surface area contributed by atoms with Gasteiger partial charge in [0.25, 0.3) is 11.8 Å². The Morgan fingerprint density at radius 2 is 1.62 bits per heavy atom. The van der Waals surface area contributed by atoms with Gasteiger partial charge in [-0.15, -0.1) is 11.3 Å². The first-order valence-corrected chi connectivity index (χ1v) is 14.4. The Bertz CT molecular complexity index is 1590. The lowest BCUT2D eigenvalue weighted by Gasteiger charge is -2.18. The summed E-state index contributed by atoms with van der Waals surface area (Å²) in [6.45, 7) is 11.9. The van der Waals surface area contributed by atoms with Crippen LogP contribution in [-0.4, -0.2) is 46.9 Å². The summed E-state index contributed by atoms with van der Waals surface area (Å²) in [5.74, 6) is -1.19. The zero-order valence-corrected chi connectivity index (χ0v) is 25.0. The largest absolute Gasteiger partial charge is 0.459 e. The second-order valence-electron chi connectivity index (χ2n) is 9.63. The maximum absolute atomic E-state index is 14.0. The Kier molecular flexibility index (Phi) is 8.91. The number of esters is 1. The Hall–Kier alpha value is -3.75. The number of para-hydroxylation sites is 1. The van der Waals surface area contributed by atoms with Crippen molar-refractivity contribution in [1.82, 2.24) is 9.88 Å². The number of amides is 2. The molecule has 1 N–H and O–H groups in total. The van der Waals surface area contributed by atoms with Crippen LogP contribution in [0.5, 0.6) is 0 Å². The summed E-state index contributed by atoms with van der Waals surface area (Å²) in [4.78, 5) is 47.4. The number of fused-ring (bicyclic) bond motifs is 1. The minimum Gasteiger partial charge on any atom is -0.459 e. The van der Waals surface area contributed by atoms with Crippen LogP contribution in [0.2, 0.25) is 5.02 Å². The number of pyridine rings is 1. The van der Waals surface area contributed by atoms with Gasteiger partial charge in [0.15, 0.2) is 0 Å². The molecule has 0 bridgehead atoms. The van der Waals surface area contributed by atoms with Crippen molar-refractivity contribution in [2.75, 3.05) is 18.4 Å². The average molecular weight is 578 g/mol. The van der Waals surface area contributed by atoms with Crippen molar-refractivity contribution < 1.29 is 19.1 Å². The first-order chi connectivity index (χ1) is 19.1. The first-order valence-electron chi connectivity index (χ1n) is 13.2. The molecular formula is C31H32ClN3O4S. The van der Waals surface area contributed by atoms with Gasteiger partial charge < -0.3 is 15.0 Å². The molecule has 0 unspecified atom stereocenters. The highest BCUT2D eigenvalue weighted by molar-refractivity contribution is 7.18. The molecule has 7 nitrogen and oxygen atoms in total. The van der Waals surface area contributed by atoms with Crippen LogP contribution in [0.1, 0.15) is 69.2 Å². The van der Waals surface area contributed by atoms with E-state index in [1.165, 1.54) is 0 Å². The van der Waals surface area contributed by atoms with Crippen LogP contribution < -0.4 is 5.32 Å². The van der Waals surface area contributed by atoms with E-state index >= 15 is 0 Å². The molecule has 0 aliphatic carbocycles. The number of hydrogen-bond donors (Lipinski definition) is 1. The quantitative estimate of drug-likeness (QED) is 0.219. The molecule has 0 atom stereocenters. The Morgan fingerprint density at radius 1 is 0.975 bits per heavy atom. The fourth-order valence-corrected chi connectivity index (χ4v) is 5.92. The minimum absolute atomic E-state index is 0.191. The van der Waals surface area contributed by atoms with Crippen LogP contribution in [0.15, 0.2) is 48.5 Å². The molecule has 40 heavy (non-hydrogen) atoms. The third-order valence-electron chi connectivity index (χ3n) is 6.65. The van der Waals surface area contributed by atoms with Crippen LogP contribution in [0.4, 0.5) is 5.00 Å². The minimum atomic E-state index is -0.587. The van der Waals surface area contributed by atoms with E-state index in [1.807, 2.05) is 57.2 Å². The normalized spacial score (nSPS) is 11.1. The van der Waals surface area contributed by atoms with Crippen molar-refractivity contribution in [2.45, 2.75) is 47.6 Å². The molecule has 0 aliphatic rings. The third kappa shape index (κ3) is 5.74. The maximum Gasteiger partial charge on any atom is 0.341 e. The Labute approximate surface area is 243 Å². The van der Waals surface area contributed by atoms with E-state index in [-0.39, 0.29) is 22.6 Å². The number of carbonyl (C=O) groups is 3. The zero-order chi connectivity index (χ0) is 29.1. The van der Waals surface area contributed by atoms with Gasteiger partial charge in [-0.2, -0.15) is 0 Å². The number of anilines is 1. The van der Waals surface area contributed by atoms with E-state index in [2.05, 4.69) is 5.32 Å². The van der Waals surface area contributed by atoms with Crippen LogP contribution in [0.25, 0.3) is 22.2 Å². The number of ether oxygens (including phenoxy) is 1. The standard InChI is InChI=1S/C31H32ClN3O4S/c1-7-35(8-2)30(37)27-19(6)25(31(38)39-17(3)4)29(40-27)34-28(36)24-18(5)26(20-13-15-21(32)16-14-20)33-23-12-10-9-11-22(23)24/h9-17H,7-8H2,1-6H3,(H,34,36). The molecular weight excluding hydrogens is 546 g/mol. The predicted octanol–water partition coefficient (Wildman–Crippen LogP) is 7.53. The van der Waals surface area contributed by atoms with Gasteiger partial charge in [0.2, 0.25) is 0 Å². The highest BCUT2D eigenvalue weighted by Gasteiger charge is 2.30. The van der Waals surface area contributed by atoms with Gasteiger partial charge >= 0.3 is 5.97 Å². The zero-order valence-electron chi connectivity index (χ0n) is 23.4. The van der Waals surface area contributed by atoms with Crippen LogP contribution in [-0.2, 0) is 4.74 Å². The number of nitrogens with zero attached hydrogens (tertiary/aromatic N) is 2. The number of nitrogens with one attached hydrogen (secondary N) is 1. The van der Waals surface area contributed by atoms with E-state index in [0.29, 0.717) is 56.3 Å². The molecule has 4 aromatic rings. The number of hydrogen-bond acceptors (Lipinski definition) is 6. The highest BCUT2D eigenvalue weighted by Crippen LogP contribution is 2.37. The second kappa shape index (κ2) is 12.2. The summed E-state index contributed by atoms with van der Waals surface area (Å²) in [6.07, 6.45) is -0.370. The summed E-state index contributed by atoms with van der Waals surface area (Å²) < 4.78 is 5.50. The Morgan fingerprint density at radius 3 is 2.25 bits per heavy atom. The molecule has 9 heteroatoms. The number of halogens is 1. The summed E-state index contributed by atoms with van der Waals surface area (Å²) in [7, 11) is 0. The van der Waals surface area contributed by atoms with Gasteiger partial charge in [-0.1, -0.05) is 41.9 Å². The van der Waals surface area contributed by atoms with E-state index in [1.54, 1.807) is 37.8 Å². The molecule has 0 spiro atoms. The van der Waals surface area contributed by atoms with Gasteiger partial charge in [-0.3, -0.25) is 9.59 Å². The number of aromatic nitrogens is 1. The monoisotopic (exact) mass is 577 g/mol. The van der Waals surface area contributed by atoms with E-state index in [4.69, 9.17) is 21.3 Å². The van der Waals surface area contributed by atoms with Crippen LogP contribution >= 0.6 is 22.9 Å². The number of benzene rings is 2. The van der Waals surface area contributed by atoms with Crippen molar-refractivity contribution in [3.63, 3.8) is 0 Å². The lowest BCUT2D eigenvalue weighted by atomic mass is 9.97. The highest BCUT2D eigenvalue weighted by atomic mass is 35.5. The smallest absolute Gasteiger partial charge is 0.341 e. The van der Waals surface area contributed by atoms with Crippen molar-refractivity contribution in [2.24, 2.45) is 0 Å². The van der Waals surface area contributed by atoms with E-state index in [0.717, 1.165) is 16.9 Å². The molecule has 0 aliphatic heterocycles. The maximum atomic E-state index is 14.0. The topological polar surface area (TPSA) is 88.6 Å². The molecule has 2 aromatic heterocycles. The van der Waals surface area contributed by atoms with Gasteiger partial charge in [-0.05, 0) is 70.9 Å². The third-order valence-corrected chi connectivity index (χ3v) is 8.09. The van der Waals surface area contributed by atoms with E-state index in [9.17, 15) is 14.4 Å². The van der Waals surface area contributed by atoms with Gasteiger partial charge in [-0.25, -0.2) is 9.78 Å². The molecule has 2 heterocycles. The molecule has 0 saturated carbocycles. The molecule has 2 aromatic carbocycles. The summed E-state index contributed by atoms with van der Waals surface area (Å²) >= 11 is 7.20. The van der Waals surface area contributed by atoms with E-state index < -0.39 is 11.9 Å². The van der Waals surface area contributed by atoms with Crippen molar-refractivity contribution in [1.29, 1.82) is 0 Å². The lowest BCUT2D eigenvalue weighted by Crippen LogP contribution is -2.30. The molecule has 2 amide bonds. The number of carbonyl (C=O) groups excluding carboxylic acids is 3. The molecule has 4 rings (SSSR count). The second-order valence-corrected chi connectivity index (χ2v) is 11.1. The van der Waals surface area contributed by atoms with Crippen LogP contribution in [0, 0.1) is 13.8 Å². The summed E-state index contributed by atoms with van der Waals surface area (Å²) in [5, 5.41) is 4.50. The Balaban J connectivity index is 1.85. The number of thiophene rings is 1. The molecule has 208 valence electrons. The van der Waals surface area contributed by atoms with Gasteiger partial charge in [0.05, 0.1) is 33.3 Å². The van der Waals surface area contributed by atoms with Crippen molar-refractivity contribution in [3.8, 4) is 11.3 Å². The first kappa shape index (κ1) is 29.2. The molecule has 0 radical (unpaired) electrons. The fourth-order valence-electron chi connectivity index (χ4n) is 4.63. The molecule has 0 saturated heterocycles. The summed E-state index contributed by atoms with van der Waals surface area (Å²) in [6, 6.07) is 14.7. The predicted molar refractivity (Wildman–Crippen MR) is 162 cm³/mol. The fraction of sp³-hybridized carbons (Fsp3) is 0.290. The SMILES string of the molecule is CCN(CC)C(=O)c1sc(NC(=O)c2c(C)c(-c3ccc(Cl)cc3)nc3ccccc23)c(C(=O)OC(C)C)c1C. The summed E-state index contributed by atoms with van der Waals surface area (Å²) in [5.41, 5.74) is 3.92. The number of rotatable bonds is 8. The molecule has 0 fully saturated rings. The van der Waals surface area contributed by atoms with Gasteiger partial charge in [0, 0.05) is 29.1 Å².